The van der Waals surface area contributed by atoms with E-state index in [-0.39, 0.29) is 10.9 Å². The number of thiocarbonyl (C=S) groups is 1. The number of hydrogen-bond donors (Lipinski definition) is 2. The lowest BCUT2D eigenvalue weighted by molar-refractivity contribution is 0.0951. The number of hydrogen-bond acceptors (Lipinski definition) is 5. The second-order valence-electron chi connectivity index (χ2n) is 8.05. The van der Waals surface area contributed by atoms with E-state index in [1.807, 2.05) is 55.5 Å². The van der Waals surface area contributed by atoms with Gasteiger partial charge in [-0.05, 0) is 85.7 Å². The number of thiazole rings is 1. The molecule has 35 heavy (non-hydrogen) atoms. The maximum absolute atomic E-state index is 12.7. The molecule has 5 aromatic rings. The average Bonchev–Trinajstić information content (AvgIpc) is 3.49. The van der Waals surface area contributed by atoms with Crippen LogP contribution in [0.1, 0.15) is 21.7 Å². The van der Waals surface area contributed by atoms with Crippen LogP contribution in [0.5, 0.6) is 0 Å². The quantitative estimate of drug-likeness (QED) is 0.240. The van der Waals surface area contributed by atoms with Crippen molar-refractivity contribution < 1.29 is 9.21 Å². The molecular weight excluding hydrogens is 498 g/mol. The van der Waals surface area contributed by atoms with Gasteiger partial charge in [-0.3, -0.25) is 10.1 Å². The monoisotopic (exact) mass is 517 g/mol. The first-order valence-corrected chi connectivity index (χ1v) is 12.4. The highest BCUT2D eigenvalue weighted by Crippen LogP contribution is 2.36. The predicted octanol–water partition coefficient (Wildman–Crippen LogP) is 7.62. The number of aryl methyl sites for hydroxylation is 2. The van der Waals surface area contributed by atoms with Crippen LogP contribution in [0, 0.1) is 13.8 Å². The molecule has 174 valence electrons. The first kappa shape index (κ1) is 23.2. The standard InChI is InChI=1S/C27H20ClN3O2S2/c1-15-7-8-17(13-16(15)2)22-11-12-23(33-22)25(32)31-27(34)29-18-9-10-20(28)19(14-18)26-30-21-5-3-4-6-24(21)35-26/h3-14H,1-2H3,(H2,29,31,32,34). The van der Waals surface area contributed by atoms with Crippen LogP contribution in [0.15, 0.2) is 77.2 Å². The summed E-state index contributed by atoms with van der Waals surface area (Å²) in [6.45, 7) is 4.09. The van der Waals surface area contributed by atoms with Crippen molar-refractivity contribution in [3.8, 4) is 21.9 Å². The summed E-state index contributed by atoms with van der Waals surface area (Å²) in [4.78, 5) is 17.4. The number of amides is 1. The number of para-hydroxylation sites is 1. The maximum atomic E-state index is 12.7. The number of halogens is 1. The summed E-state index contributed by atoms with van der Waals surface area (Å²) in [6.07, 6.45) is 0. The van der Waals surface area contributed by atoms with Crippen LogP contribution in [0.25, 0.3) is 32.1 Å². The molecule has 0 bridgehead atoms. The lowest BCUT2D eigenvalue weighted by Gasteiger charge is -2.10. The lowest BCUT2D eigenvalue weighted by Crippen LogP contribution is -2.33. The van der Waals surface area contributed by atoms with Crippen LogP contribution < -0.4 is 10.6 Å². The van der Waals surface area contributed by atoms with Crippen molar-refractivity contribution in [1.29, 1.82) is 0 Å². The molecule has 0 unspecified atom stereocenters. The van der Waals surface area contributed by atoms with Crippen LogP contribution in [-0.2, 0) is 0 Å². The molecule has 3 aromatic carbocycles. The molecule has 5 rings (SSSR count). The minimum Gasteiger partial charge on any atom is -0.451 e. The van der Waals surface area contributed by atoms with Crippen LogP contribution in [-0.4, -0.2) is 16.0 Å². The summed E-state index contributed by atoms with van der Waals surface area (Å²) in [5, 5.41) is 7.25. The number of fused-ring (bicyclic) bond motifs is 1. The number of aromatic nitrogens is 1. The molecule has 0 fully saturated rings. The number of nitrogens with zero attached hydrogens (tertiary/aromatic N) is 1. The average molecular weight is 518 g/mol. The molecule has 0 aliphatic rings. The number of furan rings is 1. The van der Waals surface area contributed by atoms with Gasteiger partial charge in [0.05, 0.1) is 15.2 Å². The summed E-state index contributed by atoms with van der Waals surface area (Å²) < 4.78 is 6.86. The van der Waals surface area contributed by atoms with Crippen molar-refractivity contribution in [2.24, 2.45) is 0 Å². The Labute approximate surface area is 216 Å². The topological polar surface area (TPSA) is 67.2 Å². The van der Waals surface area contributed by atoms with Crippen molar-refractivity contribution in [1.82, 2.24) is 10.3 Å². The molecule has 2 heterocycles. The molecule has 0 aliphatic carbocycles. The number of carbonyl (C=O) groups is 1. The van der Waals surface area contributed by atoms with Gasteiger partial charge in [0.15, 0.2) is 10.9 Å². The van der Waals surface area contributed by atoms with Crippen molar-refractivity contribution >= 4 is 62.1 Å². The van der Waals surface area contributed by atoms with Crippen molar-refractivity contribution in [3.05, 3.63) is 94.7 Å². The molecule has 1 amide bonds. The van der Waals surface area contributed by atoms with Gasteiger partial charge < -0.3 is 9.73 Å². The van der Waals surface area contributed by atoms with Gasteiger partial charge in [-0.15, -0.1) is 11.3 Å². The Hall–Kier alpha value is -3.52. The molecule has 2 N–H and O–H groups in total. The highest BCUT2D eigenvalue weighted by molar-refractivity contribution is 7.80. The van der Waals surface area contributed by atoms with Crippen molar-refractivity contribution in [2.45, 2.75) is 13.8 Å². The molecule has 0 radical (unpaired) electrons. The maximum Gasteiger partial charge on any atom is 0.293 e. The Morgan fingerprint density at radius 1 is 1.00 bits per heavy atom. The SMILES string of the molecule is Cc1ccc(-c2ccc(C(=O)NC(=S)Nc3ccc(Cl)c(-c4nc5ccccc5s4)c3)o2)cc1C. The van der Waals surface area contributed by atoms with Gasteiger partial charge in [0.2, 0.25) is 0 Å². The Kier molecular flexibility index (Phi) is 6.38. The van der Waals surface area contributed by atoms with E-state index in [1.54, 1.807) is 35.6 Å². The summed E-state index contributed by atoms with van der Waals surface area (Å²) in [5.41, 5.74) is 5.66. The van der Waals surface area contributed by atoms with E-state index in [0.717, 1.165) is 31.9 Å². The molecule has 0 aliphatic heterocycles. The number of nitrogens with one attached hydrogen (secondary N) is 2. The second-order valence-corrected chi connectivity index (χ2v) is 9.90. The number of benzene rings is 3. The first-order chi connectivity index (χ1) is 16.9. The van der Waals surface area contributed by atoms with Crippen LogP contribution in [0.2, 0.25) is 5.02 Å². The normalized spacial score (nSPS) is 10.9. The molecule has 5 nitrogen and oxygen atoms in total. The van der Waals surface area contributed by atoms with Crippen molar-refractivity contribution in [3.63, 3.8) is 0 Å². The van der Waals surface area contributed by atoms with Gasteiger partial charge >= 0.3 is 0 Å². The molecule has 2 aromatic heterocycles. The van der Waals surface area contributed by atoms with Gasteiger partial charge in [-0.2, -0.15) is 0 Å². The zero-order valence-corrected chi connectivity index (χ0v) is 21.3. The van der Waals surface area contributed by atoms with E-state index in [2.05, 4.69) is 22.5 Å². The van der Waals surface area contributed by atoms with E-state index >= 15 is 0 Å². The first-order valence-electron chi connectivity index (χ1n) is 10.8. The van der Waals surface area contributed by atoms with E-state index in [0.29, 0.717) is 16.5 Å². The summed E-state index contributed by atoms with van der Waals surface area (Å²) in [5.74, 6) is 0.363. The fourth-order valence-electron chi connectivity index (χ4n) is 3.59. The fraction of sp³-hybridized carbons (Fsp3) is 0.0741. The van der Waals surface area contributed by atoms with Gasteiger partial charge in [0.25, 0.3) is 5.91 Å². The Morgan fingerprint density at radius 3 is 2.63 bits per heavy atom. The third-order valence-electron chi connectivity index (χ3n) is 5.60. The van der Waals surface area contributed by atoms with Crippen LogP contribution in [0.3, 0.4) is 0 Å². The highest BCUT2D eigenvalue weighted by Gasteiger charge is 2.15. The van der Waals surface area contributed by atoms with Crippen LogP contribution in [0.4, 0.5) is 5.69 Å². The Bertz CT molecular complexity index is 1560. The lowest BCUT2D eigenvalue weighted by atomic mass is 10.1. The van der Waals surface area contributed by atoms with Gasteiger partial charge in [-0.1, -0.05) is 35.9 Å². The summed E-state index contributed by atoms with van der Waals surface area (Å²) >= 11 is 13.4. The summed E-state index contributed by atoms with van der Waals surface area (Å²) in [6, 6.07) is 22.8. The Morgan fingerprint density at radius 2 is 1.83 bits per heavy atom. The highest BCUT2D eigenvalue weighted by atomic mass is 35.5. The number of rotatable bonds is 4. The Balaban J connectivity index is 1.29. The van der Waals surface area contributed by atoms with Gasteiger partial charge in [0, 0.05) is 16.8 Å². The molecular formula is C27H20ClN3O2S2. The van der Waals surface area contributed by atoms with E-state index in [9.17, 15) is 4.79 Å². The van der Waals surface area contributed by atoms with Crippen molar-refractivity contribution in [2.75, 3.05) is 5.32 Å². The molecule has 0 saturated carbocycles. The smallest absolute Gasteiger partial charge is 0.293 e. The summed E-state index contributed by atoms with van der Waals surface area (Å²) in [7, 11) is 0. The van der Waals surface area contributed by atoms with Gasteiger partial charge in [0.1, 0.15) is 10.8 Å². The minimum atomic E-state index is -0.432. The number of carbonyl (C=O) groups excluding carboxylic acids is 1. The number of anilines is 1. The van der Waals surface area contributed by atoms with Crippen LogP contribution >= 0.6 is 35.2 Å². The van der Waals surface area contributed by atoms with Gasteiger partial charge in [-0.25, -0.2) is 4.98 Å². The zero-order chi connectivity index (χ0) is 24.5. The molecule has 0 atom stereocenters. The molecule has 0 saturated heterocycles. The third kappa shape index (κ3) is 4.98. The van der Waals surface area contributed by atoms with E-state index in [1.165, 1.54) is 5.56 Å². The molecule has 8 heteroatoms. The van der Waals surface area contributed by atoms with E-state index < -0.39 is 5.91 Å². The second kappa shape index (κ2) is 9.62. The third-order valence-corrected chi connectivity index (χ3v) is 7.20. The zero-order valence-electron chi connectivity index (χ0n) is 18.9. The predicted molar refractivity (Wildman–Crippen MR) is 147 cm³/mol. The largest absolute Gasteiger partial charge is 0.451 e. The minimum absolute atomic E-state index is 0.150. The van der Waals surface area contributed by atoms with E-state index in [4.69, 9.17) is 28.2 Å². The molecule has 0 spiro atoms. The fourth-order valence-corrected chi connectivity index (χ4v) is 5.06.